The van der Waals surface area contributed by atoms with Gasteiger partial charge in [0.05, 0.1) is 4.21 Å². The molecule has 0 aliphatic carbocycles. The van der Waals surface area contributed by atoms with Crippen LogP contribution in [0.5, 0.6) is 0 Å². The summed E-state index contributed by atoms with van der Waals surface area (Å²) in [7, 11) is 0. The molecular formula is C15H16N2OS2. The summed E-state index contributed by atoms with van der Waals surface area (Å²) in [4.78, 5) is 12.4. The highest BCUT2D eigenvalue weighted by Crippen LogP contribution is 2.30. The van der Waals surface area contributed by atoms with E-state index < -0.39 is 0 Å². The van der Waals surface area contributed by atoms with Gasteiger partial charge in [-0.2, -0.15) is 0 Å². The summed E-state index contributed by atoms with van der Waals surface area (Å²) in [6.45, 7) is 0. The maximum absolute atomic E-state index is 12.4. The number of rotatable bonds is 2. The molecule has 1 amide bonds. The standard InChI is InChI=1S/C15H16N2OS2/c18-15(17-12-7-10-3-4-11(12)16-10)9-2-1-8-6-14(19)20-13(8)5-9/h1-2,5-6,10-12,16,19H,3-4,7H2,(H,17,18)/t10-,11+,12-/m1/s1. The molecule has 2 aromatic rings. The van der Waals surface area contributed by atoms with Gasteiger partial charge in [0.1, 0.15) is 0 Å². The lowest BCUT2D eigenvalue weighted by Gasteiger charge is -2.21. The molecule has 3 nitrogen and oxygen atoms in total. The molecule has 2 bridgehead atoms. The van der Waals surface area contributed by atoms with Crippen molar-refractivity contribution in [1.29, 1.82) is 0 Å². The number of benzene rings is 1. The molecular weight excluding hydrogens is 288 g/mol. The highest BCUT2D eigenvalue weighted by Gasteiger charge is 2.39. The molecule has 2 saturated heterocycles. The van der Waals surface area contributed by atoms with Gasteiger partial charge in [0.15, 0.2) is 0 Å². The maximum Gasteiger partial charge on any atom is 0.251 e. The number of amides is 1. The van der Waals surface area contributed by atoms with Gasteiger partial charge in [-0.25, -0.2) is 0 Å². The average Bonchev–Trinajstić information content (AvgIpc) is 3.10. The van der Waals surface area contributed by atoms with E-state index in [1.54, 1.807) is 11.3 Å². The van der Waals surface area contributed by atoms with Crippen LogP contribution in [0.2, 0.25) is 0 Å². The van der Waals surface area contributed by atoms with Crippen molar-refractivity contribution in [2.24, 2.45) is 0 Å². The van der Waals surface area contributed by atoms with Gasteiger partial charge in [-0.05, 0) is 42.8 Å². The van der Waals surface area contributed by atoms with Crippen LogP contribution in [-0.4, -0.2) is 24.0 Å². The van der Waals surface area contributed by atoms with Crippen molar-refractivity contribution in [1.82, 2.24) is 10.6 Å². The minimum Gasteiger partial charge on any atom is -0.348 e. The van der Waals surface area contributed by atoms with E-state index in [-0.39, 0.29) is 5.91 Å². The van der Waals surface area contributed by atoms with Crippen molar-refractivity contribution in [2.45, 2.75) is 41.6 Å². The Bertz CT molecular complexity index is 682. The minimum atomic E-state index is 0.0420. The first-order chi connectivity index (χ1) is 9.69. The first kappa shape index (κ1) is 12.7. The second-order valence-corrected chi connectivity index (χ2v) is 7.57. The molecule has 2 N–H and O–H groups in total. The maximum atomic E-state index is 12.4. The minimum absolute atomic E-state index is 0.0420. The second kappa shape index (κ2) is 4.76. The second-order valence-electron chi connectivity index (χ2n) is 5.70. The van der Waals surface area contributed by atoms with Crippen molar-refractivity contribution < 1.29 is 4.79 Å². The van der Waals surface area contributed by atoms with E-state index >= 15 is 0 Å². The van der Waals surface area contributed by atoms with Crippen molar-refractivity contribution in [3.05, 3.63) is 29.8 Å². The van der Waals surface area contributed by atoms with E-state index in [9.17, 15) is 4.79 Å². The van der Waals surface area contributed by atoms with Crippen LogP contribution in [0.1, 0.15) is 29.6 Å². The number of hydrogen-bond donors (Lipinski definition) is 3. The fraction of sp³-hybridized carbons (Fsp3) is 0.400. The number of hydrogen-bond acceptors (Lipinski definition) is 4. The molecule has 0 saturated carbocycles. The van der Waals surface area contributed by atoms with Crippen LogP contribution in [0.4, 0.5) is 0 Å². The summed E-state index contributed by atoms with van der Waals surface area (Å²) >= 11 is 5.97. The molecule has 0 radical (unpaired) electrons. The Morgan fingerprint density at radius 3 is 3.00 bits per heavy atom. The lowest BCUT2D eigenvalue weighted by molar-refractivity contribution is 0.0931. The Morgan fingerprint density at radius 1 is 1.35 bits per heavy atom. The van der Waals surface area contributed by atoms with Crippen LogP contribution in [0.3, 0.4) is 0 Å². The van der Waals surface area contributed by atoms with Crippen LogP contribution in [-0.2, 0) is 0 Å². The monoisotopic (exact) mass is 304 g/mol. The predicted octanol–water partition coefficient (Wildman–Crippen LogP) is 2.81. The van der Waals surface area contributed by atoms with Crippen LogP contribution in [0.25, 0.3) is 10.1 Å². The highest BCUT2D eigenvalue weighted by molar-refractivity contribution is 7.83. The summed E-state index contributed by atoms with van der Waals surface area (Å²) in [5, 5.41) is 7.88. The number of fused-ring (bicyclic) bond motifs is 3. The Labute approximate surface area is 127 Å². The normalized spacial score (nSPS) is 28.1. The third-order valence-electron chi connectivity index (χ3n) is 4.39. The van der Waals surface area contributed by atoms with Gasteiger partial charge >= 0.3 is 0 Å². The average molecular weight is 304 g/mol. The first-order valence-corrected chi connectivity index (χ1v) is 8.25. The molecule has 3 atom stereocenters. The zero-order chi connectivity index (χ0) is 13.7. The molecule has 1 aromatic carbocycles. The smallest absolute Gasteiger partial charge is 0.251 e. The van der Waals surface area contributed by atoms with Crippen molar-refractivity contribution in [3.63, 3.8) is 0 Å². The van der Waals surface area contributed by atoms with E-state index in [0.717, 1.165) is 26.3 Å². The number of thiophene rings is 1. The third-order valence-corrected chi connectivity index (χ3v) is 5.69. The van der Waals surface area contributed by atoms with Gasteiger partial charge in [-0.3, -0.25) is 4.79 Å². The quantitative estimate of drug-likeness (QED) is 0.747. The fourth-order valence-electron chi connectivity index (χ4n) is 3.39. The van der Waals surface area contributed by atoms with Crippen LogP contribution in [0, 0.1) is 0 Å². The van der Waals surface area contributed by atoms with Gasteiger partial charge in [0.2, 0.25) is 0 Å². The van der Waals surface area contributed by atoms with Crippen molar-refractivity contribution in [2.75, 3.05) is 0 Å². The zero-order valence-electron chi connectivity index (χ0n) is 10.9. The Hall–Kier alpha value is -1.04. The lowest BCUT2D eigenvalue weighted by atomic mass is 9.95. The molecule has 104 valence electrons. The fourth-order valence-corrected chi connectivity index (χ4v) is 4.67. The van der Waals surface area contributed by atoms with Gasteiger partial charge < -0.3 is 10.6 Å². The van der Waals surface area contributed by atoms with Gasteiger partial charge in [0.25, 0.3) is 5.91 Å². The lowest BCUT2D eigenvalue weighted by Crippen LogP contribution is -2.42. The molecule has 5 heteroatoms. The van der Waals surface area contributed by atoms with E-state index in [4.69, 9.17) is 0 Å². The van der Waals surface area contributed by atoms with Crippen LogP contribution < -0.4 is 10.6 Å². The molecule has 20 heavy (non-hydrogen) atoms. The van der Waals surface area contributed by atoms with E-state index in [1.807, 2.05) is 24.3 Å². The number of carbonyl (C=O) groups is 1. The zero-order valence-corrected chi connectivity index (χ0v) is 12.6. The van der Waals surface area contributed by atoms with E-state index in [1.165, 1.54) is 12.8 Å². The summed E-state index contributed by atoms with van der Waals surface area (Å²) in [6.07, 6.45) is 3.50. The molecule has 2 aliphatic rings. The van der Waals surface area contributed by atoms with E-state index in [2.05, 4.69) is 23.3 Å². The molecule has 0 spiro atoms. The molecule has 4 rings (SSSR count). The van der Waals surface area contributed by atoms with E-state index in [0.29, 0.717) is 18.1 Å². The highest BCUT2D eigenvalue weighted by atomic mass is 32.2. The molecule has 2 aliphatic heterocycles. The molecule has 2 fully saturated rings. The Morgan fingerprint density at radius 2 is 2.25 bits per heavy atom. The third kappa shape index (κ3) is 2.14. The molecule has 3 heterocycles. The van der Waals surface area contributed by atoms with Gasteiger partial charge in [-0.1, -0.05) is 6.07 Å². The Balaban J connectivity index is 1.54. The summed E-state index contributed by atoms with van der Waals surface area (Å²) < 4.78 is 2.10. The summed E-state index contributed by atoms with van der Waals surface area (Å²) in [5.74, 6) is 0.0420. The van der Waals surface area contributed by atoms with Crippen molar-refractivity contribution in [3.8, 4) is 0 Å². The SMILES string of the molecule is O=C(N[C@@H]1C[C@H]2CC[C@@H]1N2)c1ccc2cc(S)sc2c1. The van der Waals surface area contributed by atoms with Crippen LogP contribution in [0.15, 0.2) is 28.5 Å². The number of nitrogens with one attached hydrogen (secondary N) is 2. The number of carbonyl (C=O) groups excluding carboxylic acids is 1. The number of thiol groups is 1. The Kier molecular flexibility index (Phi) is 3.02. The first-order valence-electron chi connectivity index (χ1n) is 6.98. The largest absolute Gasteiger partial charge is 0.348 e. The summed E-state index contributed by atoms with van der Waals surface area (Å²) in [5.41, 5.74) is 0.746. The van der Waals surface area contributed by atoms with Gasteiger partial charge in [-0.15, -0.1) is 24.0 Å². The van der Waals surface area contributed by atoms with Gasteiger partial charge in [0, 0.05) is 28.4 Å². The topological polar surface area (TPSA) is 41.1 Å². The summed E-state index contributed by atoms with van der Waals surface area (Å²) in [6, 6.07) is 9.27. The molecule has 0 unspecified atom stereocenters. The van der Waals surface area contributed by atoms with Crippen LogP contribution >= 0.6 is 24.0 Å². The molecule has 1 aromatic heterocycles. The van der Waals surface area contributed by atoms with Crippen molar-refractivity contribution >= 4 is 40.0 Å². The predicted molar refractivity (Wildman–Crippen MR) is 84.9 cm³/mol.